The zero-order valence-electron chi connectivity index (χ0n) is 12.7. The van der Waals surface area contributed by atoms with Crippen molar-refractivity contribution in [3.05, 3.63) is 34.6 Å². The normalized spacial score (nSPS) is 11.7. The van der Waals surface area contributed by atoms with Crippen molar-refractivity contribution in [2.24, 2.45) is 7.05 Å². The van der Waals surface area contributed by atoms with Crippen molar-refractivity contribution in [1.82, 2.24) is 9.78 Å². The van der Waals surface area contributed by atoms with E-state index in [0.717, 1.165) is 0 Å². The Bertz CT molecular complexity index is 807. The molecule has 0 fully saturated rings. The molecule has 0 spiro atoms. The van der Waals surface area contributed by atoms with Crippen LogP contribution >= 0.6 is 0 Å². The number of hydrogen-bond acceptors (Lipinski definition) is 4. The number of nitrogens with one attached hydrogen (secondary N) is 1. The standard InChI is InChI=1S/C14H19N3O3S/c1-8-7-13(18)9(2)6-12(8)16-21(19,20)14-10(3)15-17(5)11(14)4/h6-7,16,18H,1-5H3. The molecule has 2 aromatic rings. The molecule has 0 radical (unpaired) electrons. The van der Waals surface area contributed by atoms with Gasteiger partial charge in [-0.25, -0.2) is 8.42 Å². The molecule has 0 bridgehead atoms. The predicted octanol–water partition coefficient (Wildman–Crippen LogP) is 2.16. The smallest absolute Gasteiger partial charge is 0.265 e. The molecule has 0 saturated carbocycles. The highest BCUT2D eigenvalue weighted by Gasteiger charge is 2.24. The van der Waals surface area contributed by atoms with Gasteiger partial charge >= 0.3 is 0 Å². The molecule has 2 N–H and O–H groups in total. The number of anilines is 1. The molecule has 1 heterocycles. The Hall–Kier alpha value is -2.02. The molecule has 0 aliphatic heterocycles. The third-order valence-corrected chi connectivity index (χ3v) is 5.12. The van der Waals surface area contributed by atoms with Gasteiger partial charge < -0.3 is 5.11 Å². The van der Waals surface area contributed by atoms with Gasteiger partial charge in [-0.15, -0.1) is 0 Å². The molecule has 1 aromatic heterocycles. The molecule has 0 unspecified atom stereocenters. The lowest BCUT2D eigenvalue weighted by Crippen LogP contribution is -2.15. The highest BCUT2D eigenvalue weighted by atomic mass is 32.2. The van der Waals surface area contributed by atoms with E-state index >= 15 is 0 Å². The van der Waals surface area contributed by atoms with E-state index in [2.05, 4.69) is 9.82 Å². The highest BCUT2D eigenvalue weighted by Crippen LogP contribution is 2.28. The molecule has 0 aliphatic carbocycles. The van der Waals surface area contributed by atoms with Crippen LogP contribution in [0.3, 0.4) is 0 Å². The highest BCUT2D eigenvalue weighted by molar-refractivity contribution is 7.92. The average Bonchev–Trinajstić information content (AvgIpc) is 2.60. The molecule has 0 atom stereocenters. The molecular weight excluding hydrogens is 290 g/mol. The minimum Gasteiger partial charge on any atom is -0.508 e. The molecule has 21 heavy (non-hydrogen) atoms. The number of phenols is 1. The van der Waals surface area contributed by atoms with Gasteiger partial charge in [-0.1, -0.05) is 0 Å². The fraction of sp³-hybridized carbons (Fsp3) is 0.357. The van der Waals surface area contributed by atoms with Crippen molar-refractivity contribution in [1.29, 1.82) is 0 Å². The lowest BCUT2D eigenvalue weighted by atomic mass is 10.1. The Morgan fingerprint density at radius 2 is 1.76 bits per heavy atom. The van der Waals surface area contributed by atoms with Crippen molar-refractivity contribution in [3.63, 3.8) is 0 Å². The first kappa shape index (κ1) is 15.4. The zero-order chi connectivity index (χ0) is 15.9. The topological polar surface area (TPSA) is 84.2 Å². The Balaban J connectivity index is 2.50. The summed E-state index contributed by atoms with van der Waals surface area (Å²) in [6.45, 7) is 6.83. The molecular formula is C14H19N3O3S. The van der Waals surface area contributed by atoms with E-state index in [1.165, 1.54) is 6.07 Å². The number of benzene rings is 1. The number of sulfonamides is 1. The van der Waals surface area contributed by atoms with E-state index in [1.807, 2.05) is 0 Å². The van der Waals surface area contributed by atoms with E-state index in [4.69, 9.17) is 0 Å². The average molecular weight is 309 g/mol. The minimum absolute atomic E-state index is 0.143. The maximum Gasteiger partial charge on any atom is 0.265 e. The number of phenolic OH excluding ortho intramolecular Hbond substituents is 1. The maximum atomic E-state index is 12.6. The van der Waals surface area contributed by atoms with E-state index in [0.29, 0.717) is 28.2 Å². The fourth-order valence-corrected chi connectivity index (χ4v) is 3.81. The number of hydrogen-bond donors (Lipinski definition) is 2. The fourth-order valence-electron chi connectivity index (χ4n) is 2.25. The van der Waals surface area contributed by atoms with Crippen LogP contribution in [0, 0.1) is 27.7 Å². The summed E-state index contributed by atoms with van der Waals surface area (Å²) in [5, 5.41) is 13.8. The van der Waals surface area contributed by atoms with E-state index in [1.54, 1.807) is 45.5 Å². The van der Waals surface area contributed by atoms with Crippen molar-refractivity contribution < 1.29 is 13.5 Å². The van der Waals surface area contributed by atoms with Gasteiger partial charge in [-0.05, 0) is 51.0 Å². The summed E-state index contributed by atoms with van der Waals surface area (Å²) in [6, 6.07) is 3.15. The summed E-state index contributed by atoms with van der Waals surface area (Å²) in [4.78, 5) is 0.190. The number of aryl methyl sites for hydroxylation is 4. The summed E-state index contributed by atoms with van der Waals surface area (Å²) >= 11 is 0. The van der Waals surface area contributed by atoms with Crippen molar-refractivity contribution in [3.8, 4) is 5.75 Å². The van der Waals surface area contributed by atoms with Gasteiger partial charge in [0.2, 0.25) is 0 Å². The molecule has 0 saturated heterocycles. The monoisotopic (exact) mass is 309 g/mol. The third kappa shape index (κ3) is 2.73. The molecule has 7 heteroatoms. The van der Waals surface area contributed by atoms with Crippen LogP contribution in [0.4, 0.5) is 5.69 Å². The summed E-state index contributed by atoms with van der Waals surface area (Å²) < 4.78 is 29.3. The summed E-state index contributed by atoms with van der Waals surface area (Å²) in [6.07, 6.45) is 0. The van der Waals surface area contributed by atoms with Crippen LogP contribution in [0.2, 0.25) is 0 Å². The molecule has 0 aliphatic rings. The summed E-state index contributed by atoms with van der Waals surface area (Å²) in [5.41, 5.74) is 2.75. The first-order valence-corrected chi connectivity index (χ1v) is 7.95. The van der Waals surface area contributed by atoms with Crippen LogP contribution in [0.25, 0.3) is 0 Å². The molecule has 0 amide bonds. The third-order valence-electron chi connectivity index (χ3n) is 3.50. The number of rotatable bonds is 3. The van der Waals surface area contributed by atoms with Crippen LogP contribution in [0.15, 0.2) is 17.0 Å². The lowest BCUT2D eigenvalue weighted by Gasteiger charge is -2.12. The predicted molar refractivity (Wildman–Crippen MR) is 81.1 cm³/mol. The van der Waals surface area contributed by atoms with Crippen LogP contribution in [0.5, 0.6) is 5.75 Å². The molecule has 1 aromatic carbocycles. The molecule has 6 nitrogen and oxygen atoms in total. The van der Waals surface area contributed by atoms with Crippen molar-refractivity contribution in [2.75, 3.05) is 4.72 Å². The van der Waals surface area contributed by atoms with Crippen LogP contribution in [-0.2, 0) is 17.1 Å². The number of aromatic hydroxyl groups is 1. The zero-order valence-corrected chi connectivity index (χ0v) is 13.5. The van der Waals surface area contributed by atoms with Gasteiger partial charge in [-0.3, -0.25) is 9.40 Å². The number of nitrogens with zero attached hydrogens (tertiary/aromatic N) is 2. The molecule has 2 rings (SSSR count). The quantitative estimate of drug-likeness (QED) is 0.851. The minimum atomic E-state index is -3.72. The second kappa shape index (κ2) is 5.07. The van der Waals surface area contributed by atoms with Gasteiger partial charge in [0.25, 0.3) is 10.0 Å². The lowest BCUT2D eigenvalue weighted by molar-refractivity contribution is 0.471. The SMILES string of the molecule is Cc1cc(NS(=O)(=O)c2c(C)nn(C)c2C)c(C)cc1O. The molecule has 114 valence electrons. The van der Waals surface area contributed by atoms with Crippen molar-refractivity contribution >= 4 is 15.7 Å². The summed E-state index contributed by atoms with van der Waals surface area (Å²) in [5.74, 6) is 0.143. The Labute approximate surface area is 124 Å². The van der Waals surface area contributed by atoms with Gasteiger partial charge in [0.15, 0.2) is 0 Å². The van der Waals surface area contributed by atoms with Crippen LogP contribution in [0.1, 0.15) is 22.5 Å². The van der Waals surface area contributed by atoms with Crippen LogP contribution in [-0.4, -0.2) is 23.3 Å². The Morgan fingerprint density at radius 1 is 1.14 bits per heavy atom. The Morgan fingerprint density at radius 3 is 2.29 bits per heavy atom. The first-order chi connectivity index (χ1) is 9.63. The largest absolute Gasteiger partial charge is 0.508 e. The van der Waals surface area contributed by atoms with Crippen LogP contribution < -0.4 is 4.72 Å². The Kier molecular flexibility index (Phi) is 3.71. The second-order valence-electron chi connectivity index (χ2n) is 5.18. The van der Waals surface area contributed by atoms with Gasteiger partial charge in [0.1, 0.15) is 10.6 Å². The summed E-state index contributed by atoms with van der Waals surface area (Å²) in [7, 11) is -2.02. The van der Waals surface area contributed by atoms with Gasteiger partial charge in [-0.2, -0.15) is 5.10 Å². The first-order valence-electron chi connectivity index (χ1n) is 6.46. The maximum absolute atomic E-state index is 12.6. The van der Waals surface area contributed by atoms with E-state index in [-0.39, 0.29) is 10.6 Å². The van der Waals surface area contributed by atoms with E-state index < -0.39 is 10.0 Å². The van der Waals surface area contributed by atoms with Gasteiger partial charge in [0.05, 0.1) is 17.1 Å². The second-order valence-corrected chi connectivity index (χ2v) is 6.80. The van der Waals surface area contributed by atoms with E-state index in [9.17, 15) is 13.5 Å². The van der Waals surface area contributed by atoms with Crippen molar-refractivity contribution in [2.45, 2.75) is 32.6 Å². The number of aromatic nitrogens is 2. The van der Waals surface area contributed by atoms with Gasteiger partial charge in [0, 0.05) is 7.05 Å².